The summed E-state index contributed by atoms with van der Waals surface area (Å²) in [5.74, 6) is 0.0145. The Hall–Kier alpha value is -1.98. The number of likely N-dealkylation sites (tertiary alicyclic amines) is 1. The number of hydrogen-bond donors (Lipinski definition) is 1. The van der Waals surface area contributed by atoms with Gasteiger partial charge in [0.1, 0.15) is 6.33 Å². The molecule has 0 aromatic carbocycles. The Balaban J connectivity index is 1.69. The van der Waals surface area contributed by atoms with Crippen LogP contribution in [0, 0.1) is 12.3 Å². The third-order valence-electron chi connectivity index (χ3n) is 5.36. The van der Waals surface area contributed by atoms with Gasteiger partial charge in [0.25, 0.3) is 5.91 Å². The van der Waals surface area contributed by atoms with E-state index in [1.807, 2.05) is 13.8 Å². The minimum absolute atomic E-state index is 0.0762. The predicted molar refractivity (Wildman–Crippen MR) is 90.4 cm³/mol. The number of nitrogens with zero attached hydrogens (tertiary/aromatic N) is 3. The van der Waals surface area contributed by atoms with Crippen LogP contribution in [0.25, 0.3) is 0 Å². The first-order valence-electron chi connectivity index (χ1n) is 8.86. The van der Waals surface area contributed by atoms with Gasteiger partial charge in [-0.2, -0.15) is 0 Å². The second-order valence-corrected chi connectivity index (χ2v) is 7.37. The van der Waals surface area contributed by atoms with Gasteiger partial charge in [-0.05, 0) is 39.5 Å². The van der Waals surface area contributed by atoms with Crippen molar-refractivity contribution in [3.8, 4) is 0 Å². The lowest BCUT2D eigenvalue weighted by atomic mass is 9.80. The molecule has 1 saturated heterocycles. The Bertz CT molecular complexity index is 627. The van der Waals surface area contributed by atoms with Gasteiger partial charge in [-0.15, -0.1) is 0 Å². The summed E-state index contributed by atoms with van der Waals surface area (Å²) in [7, 11) is 0. The molecule has 1 aromatic rings. The maximum Gasteiger partial charge on any atom is 0.257 e. The Morgan fingerprint density at radius 2 is 2.04 bits per heavy atom. The van der Waals surface area contributed by atoms with Crippen molar-refractivity contribution >= 4 is 11.8 Å². The zero-order chi connectivity index (χ0) is 17.2. The molecule has 2 aliphatic rings. The van der Waals surface area contributed by atoms with Crippen molar-refractivity contribution in [1.29, 1.82) is 0 Å². The number of hydrogen-bond acceptors (Lipinski definition) is 4. The van der Waals surface area contributed by atoms with Gasteiger partial charge < -0.3 is 10.2 Å². The Kier molecular flexibility index (Phi) is 4.83. The monoisotopic (exact) mass is 330 g/mol. The normalized spacial score (nSPS) is 24.8. The van der Waals surface area contributed by atoms with Crippen molar-refractivity contribution in [3.63, 3.8) is 0 Å². The van der Waals surface area contributed by atoms with Gasteiger partial charge in [-0.1, -0.05) is 12.8 Å². The number of aromatic nitrogens is 2. The lowest BCUT2D eigenvalue weighted by molar-refractivity contribution is -0.133. The van der Waals surface area contributed by atoms with E-state index in [0.717, 1.165) is 25.7 Å². The summed E-state index contributed by atoms with van der Waals surface area (Å²) < 4.78 is 0. The molecule has 1 aromatic heterocycles. The van der Waals surface area contributed by atoms with Crippen LogP contribution in [0.5, 0.6) is 0 Å². The summed E-state index contributed by atoms with van der Waals surface area (Å²) >= 11 is 0. The number of amides is 2. The van der Waals surface area contributed by atoms with Gasteiger partial charge in [0.2, 0.25) is 5.91 Å². The zero-order valence-corrected chi connectivity index (χ0v) is 14.5. The van der Waals surface area contributed by atoms with E-state index in [9.17, 15) is 9.59 Å². The summed E-state index contributed by atoms with van der Waals surface area (Å²) in [6.07, 6.45) is 9.21. The topological polar surface area (TPSA) is 75.2 Å². The number of carbonyl (C=O) groups excluding carboxylic acids is 2. The summed E-state index contributed by atoms with van der Waals surface area (Å²) in [5, 5.41) is 3.20. The average Bonchev–Trinajstić information content (AvgIpc) is 3.08. The second-order valence-electron chi connectivity index (χ2n) is 7.37. The number of carbonyl (C=O) groups is 2. The van der Waals surface area contributed by atoms with E-state index in [4.69, 9.17) is 0 Å². The highest BCUT2D eigenvalue weighted by molar-refractivity contribution is 5.95. The third-order valence-corrected chi connectivity index (χ3v) is 5.36. The van der Waals surface area contributed by atoms with E-state index >= 15 is 0 Å². The maximum absolute atomic E-state index is 12.8. The third kappa shape index (κ3) is 3.42. The van der Waals surface area contributed by atoms with Gasteiger partial charge in [0, 0.05) is 25.3 Å². The minimum Gasteiger partial charge on any atom is -0.353 e. The van der Waals surface area contributed by atoms with Gasteiger partial charge in [0.15, 0.2) is 0 Å². The molecule has 1 aliphatic carbocycles. The molecule has 1 atom stereocenters. The lowest BCUT2D eigenvalue weighted by Gasteiger charge is -2.40. The van der Waals surface area contributed by atoms with Crippen LogP contribution in [0.4, 0.5) is 0 Å². The Labute approximate surface area is 143 Å². The van der Waals surface area contributed by atoms with Crippen LogP contribution in [0.3, 0.4) is 0 Å². The number of aryl methyl sites for hydroxylation is 1. The highest BCUT2D eigenvalue weighted by Gasteiger charge is 2.40. The molecule has 2 heterocycles. The fourth-order valence-corrected chi connectivity index (χ4v) is 3.80. The van der Waals surface area contributed by atoms with E-state index in [-0.39, 0.29) is 11.8 Å². The first-order valence-corrected chi connectivity index (χ1v) is 8.86. The largest absolute Gasteiger partial charge is 0.353 e. The van der Waals surface area contributed by atoms with E-state index in [0.29, 0.717) is 30.4 Å². The molecular weight excluding hydrogens is 304 g/mol. The molecule has 1 saturated carbocycles. The molecular formula is C18H26N4O2. The van der Waals surface area contributed by atoms with Crippen LogP contribution in [-0.4, -0.2) is 45.8 Å². The smallest absolute Gasteiger partial charge is 0.257 e. The van der Waals surface area contributed by atoms with Crippen molar-refractivity contribution < 1.29 is 9.59 Å². The zero-order valence-electron chi connectivity index (χ0n) is 14.5. The summed E-state index contributed by atoms with van der Waals surface area (Å²) in [4.78, 5) is 35.4. The van der Waals surface area contributed by atoms with E-state index in [2.05, 4.69) is 15.3 Å². The van der Waals surface area contributed by atoms with E-state index < -0.39 is 5.41 Å². The molecule has 6 nitrogen and oxygen atoms in total. The molecule has 1 aliphatic heterocycles. The van der Waals surface area contributed by atoms with Crippen LogP contribution in [-0.2, 0) is 4.79 Å². The number of nitrogens with one attached hydrogen (secondary N) is 1. The van der Waals surface area contributed by atoms with Crippen LogP contribution < -0.4 is 5.32 Å². The van der Waals surface area contributed by atoms with Crippen molar-refractivity contribution in [2.75, 3.05) is 13.1 Å². The van der Waals surface area contributed by atoms with E-state index in [1.54, 1.807) is 11.1 Å². The molecule has 2 amide bonds. The minimum atomic E-state index is -0.514. The van der Waals surface area contributed by atoms with Crippen LogP contribution in [0.2, 0.25) is 0 Å². The highest BCUT2D eigenvalue weighted by Crippen LogP contribution is 2.31. The molecule has 0 spiro atoms. The van der Waals surface area contributed by atoms with Crippen LogP contribution in [0.15, 0.2) is 12.5 Å². The standard InChI is InChI=1S/C18H26N4O2/c1-13-15(10-19-12-20-13)16(23)22-9-5-8-18(2,11-22)17(24)21-14-6-3-4-7-14/h10,12,14H,3-9,11H2,1-2H3,(H,21,24). The molecule has 0 radical (unpaired) electrons. The predicted octanol–water partition coefficient (Wildman–Crippen LogP) is 2.09. The first kappa shape index (κ1) is 16.9. The summed E-state index contributed by atoms with van der Waals surface area (Å²) in [6.45, 7) is 4.92. The maximum atomic E-state index is 12.8. The Morgan fingerprint density at radius 1 is 1.29 bits per heavy atom. The van der Waals surface area contributed by atoms with E-state index in [1.165, 1.54) is 19.2 Å². The van der Waals surface area contributed by atoms with Crippen molar-refractivity contribution in [1.82, 2.24) is 20.2 Å². The first-order chi connectivity index (χ1) is 11.5. The molecule has 24 heavy (non-hydrogen) atoms. The fourth-order valence-electron chi connectivity index (χ4n) is 3.80. The molecule has 3 rings (SSSR count). The van der Waals surface area contributed by atoms with Gasteiger partial charge in [-0.3, -0.25) is 9.59 Å². The van der Waals surface area contributed by atoms with Gasteiger partial charge in [0.05, 0.1) is 16.7 Å². The molecule has 0 bridgehead atoms. The average molecular weight is 330 g/mol. The molecule has 2 fully saturated rings. The fraction of sp³-hybridized carbons (Fsp3) is 0.667. The number of rotatable bonds is 3. The molecule has 1 unspecified atom stereocenters. The number of piperidine rings is 1. The molecule has 130 valence electrons. The molecule has 6 heteroatoms. The SMILES string of the molecule is Cc1ncncc1C(=O)N1CCCC(C)(C(=O)NC2CCCC2)C1. The quantitative estimate of drug-likeness (QED) is 0.921. The van der Waals surface area contributed by atoms with Gasteiger partial charge in [-0.25, -0.2) is 9.97 Å². The Morgan fingerprint density at radius 3 is 2.75 bits per heavy atom. The summed E-state index contributed by atoms with van der Waals surface area (Å²) in [5.41, 5.74) is 0.690. The lowest BCUT2D eigenvalue weighted by Crippen LogP contribution is -2.53. The highest BCUT2D eigenvalue weighted by atomic mass is 16.2. The second kappa shape index (κ2) is 6.87. The van der Waals surface area contributed by atoms with Gasteiger partial charge >= 0.3 is 0 Å². The van der Waals surface area contributed by atoms with Crippen LogP contribution in [0.1, 0.15) is 61.5 Å². The van der Waals surface area contributed by atoms with Crippen molar-refractivity contribution in [3.05, 3.63) is 23.8 Å². The summed E-state index contributed by atoms with van der Waals surface area (Å²) in [6, 6.07) is 0.310. The van der Waals surface area contributed by atoms with Crippen molar-refractivity contribution in [2.24, 2.45) is 5.41 Å². The van der Waals surface area contributed by atoms with Crippen LogP contribution >= 0.6 is 0 Å². The molecule has 1 N–H and O–H groups in total. The van der Waals surface area contributed by atoms with Crippen molar-refractivity contribution in [2.45, 2.75) is 58.4 Å².